The molecule has 0 saturated carbocycles. The number of aryl methyl sites for hydroxylation is 1. The van der Waals surface area contributed by atoms with E-state index in [2.05, 4.69) is 58.4 Å². The van der Waals surface area contributed by atoms with Crippen molar-refractivity contribution < 1.29 is 9.59 Å². The van der Waals surface area contributed by atoms with E-state index in [0.29, 0.717) is 29.5 Å². The van der Waals surface area contributed by atoms with Crippen LogP contribution in [0.25, 0.3) is 5.69 Å². The van der Waals surface area contributed by atoms with Crippen LogP contribution >= 0.6 is 0 Å². The maximum absolute atomic E-state index is 13.0. The fourth-order valence-electron chi connectivity index (χ4n) is 6.36. The zero-order valence-corrected chi connectivity index (χ0v) is 24.7. The Bertz CT molecular complexity index is 1540. The number of aromatic amines is 1. The van der Waals surface area contributed by atoms with Gasteiger partial charge in [-0.15, -0.1) is 0 Å². The normalized spacial score (nSPS) is 20.0. The number of hydrogen-bond donors (Lipinski definition) is 3. The van der Waals surface area contributed by atoms with E-state index in [1.54, 1.807) is 17.2 Å². The average molecular weight is 566 g/mol. The molecule has 2 saturated heterocycles. The van der Waals surface area contributed by atoms with Crippen LogP contribution in [0.2, 0.25) is 0 Å². The second-order valence-electron chi connectivity index (χ2n) is 12.8. The summed E-state index contributed by atoms with van der Waals surface area (Å²) in [7, 11) is 0. The van der Waals surface area contributed by atoms with Gasteiger partial charge in [-0.25, -0.2) is 14.5 Å². The van der Waals surface area contributed by atoms with E-state index in [0.717, 1.165) is 54.7 Å². The molecule has 2 aliphatic heterocycles. The zero-order valence-electron chi connectivity index (χ0n) is 24.7. The minimum Gasteiger partial charge on any atom is -0.341 e. The van der Waals surface area contributed by atoms with Crippen LogP contribution in [-0.2, 0) is 11.8 Å². The second-order valence-corrected chi connectivity index (χ2v) is 12.8. The maximum Gasteiger partial charge on any atom is 0.324 e. The first-order valence-corrected chi connectivity index (χ1v) is 14.8. The Balaban J connectivity index is 1.07. The van der Waals surface area contributed by atoms with Gasteiger partial charge in [0, 0.05) is 29.3 Å². The lowest BCUT2D eigenvalue weighted by molar-refractivity contribution is 0.0519. The molecular weight excluding hydrogens is 526 g/mol. The zero-order chi connectivity index (χ0) is 29.4. The van der Waals surface area contributed by atoms with Crippen LogP contribution in [0.3, 0.4) is 0 Å². The second kappa shape index (κ2) is 11.1. The van der Waals surface area contributed by atoms with Gasteiger partial charge in [-0.2, -0.15) is 5.10 Å². The number of imidazole rings is 1. The predicted molar refractivity (Wildman–Crippen MR) is 164 cm³/mol. The van der Waals surface area contributed by atoms with Crippen molar-refractivity contribution >= 4 is 23.4 Å². The van der Waals surface area contributed by atoms with Crippen molar-refractivity contribution in [1.29, 1.82) is 0 Å². The smallest absolute Gasteiger partial charge is 0.324 e. The van der Waals surface area contributed by atoms with Crippen LogP contribution in [-0.4, -0.2) is 48.7 Å². The van der Waals surface area contributed by atoms with Gasteiger partial charge in [-0.3, -0.25) is 10.1 Å². The van der Waals surface area contributed by atoms with Gasteiger partial charge in [-0.05, 0) is 74.8 Å². The predicted octanol–water partition coefficient (Wildman–Crippen LogP) is 6.47. The molecule has 4 heterocycles. The molecule has 2 unspecified atom stereocenters. The number of hydrogen-bond acceptors (Lipinski definition) is 4. The number of urea groups is 1. The number of H-pyrrole nitrogens is 1. The molecule has 2 fully saturated rings. The Morgan fingerprint density at radius 3 is 2.29 bits per heavy atom. The Hall–Kier alpha value is -4.40. The summed E-state index contributed by atoms with van der Waals surface area (Å²) in [5, 5.41) is 10.8. The molecule has 9 heteroatoms. The fraction of sp³-hybridized carbons (Fsp3) is 0.394. The Morgan fingerprint density at radius 2 is 1.67 bits per heavy atom. The molecule has 3 amide bonds. The number of anilines is 2. The quantitative estimate of drug-likeness (QED) is 0.249. The van der Waals surface area contributed by atoms with E-state index in [1.807, 2.05) is 49.4 Å². The molecule has 2 bridgehead atoms. The number of nitrogens with zero attached hydrogens (tertiary/aromatic N) is 4. The molecule has 2 aromatic heterocycles. The Morgan fingerprint density at radius 1 is 0.976 bits per heavy atom. The van der Waals surface area contributed by atoms with Gasteiger partial charge >= 0.3 is 6.03 Å². The molecule has 0 aliphatic carbocycles. The van der Waals surface area contributed by atoms with Crippen LogP contribution < -0.4 is 10.6 Å². The SMILES string of the molecule is Cc1ccc(-n2nc(C(C)(C)C)cc2NC(=O)Nc2ccc(CC3CC4CCC(C3)N4C(=O)c3cnc[nH]3)cc2)cc1. The molecule has 218 valence electrons. The number of amides is 3. The molecule has 2 aromatic carbocycles. The van der Waals surface area contributed by atoms with E-state index in [4.69, 9.17) is 5.10 Å². The first kappa shape index (κ1) is 27.8. The molecule has 2 aliphatic rings. The summed E-state index contributed by atoms with van der Waals surface area (Å²) in [6.45, 7) is 8.36. The lowest BCUT2D eigenvalue weighted by Crippen LogP contribution is -2.47. The number of carbonyl (C=O) groups is 2. The minimum absolute atomic E-state index is 0.0729. The first-order chi connectivity index (χ1) is 20.1. The highest BCUT2D eigenvalue weighted by Gasteiger charge is 2.43. The highest BCUT2D eigenvalue weighted by atomic mass is 16.2. The van der Waals surface area contributed by atoms with Crippen LogP contribution in [0.1, 0.15) is 73.8 Å². The molecule has 4 aromatic rings. The largest absolute Gasteiger partial charge is 0.341 e. The number of nitrogens with one attached hydrogen (secondary N) is 3. The first-order valence-electron chi connectivity index (χ1n) is 14.8. The van der Waals surface area contributed by atoms with Crippen molar-refractivity contribution in [2.75, 3.05) is 10.6 Å². The summed E-state index contributed by atoms with van der Waals surface area (Å²) in [4.78, 5) is 35.1. The van der Waals surface area contributed by atoms with Crippen molar-refractivity contribution in [3.05, 3.63) is 89.6 Å². The molecule has 2 atom stereocenters. The van der Waals surface area contributed by atoms with Gasteiger partial charge in [-0.1, -0.05) is 50.6 Å². The monoisotopic (exact) mass is 565 g/mol. The van der Waals surface area contributed by atoms with Crippen LogP contribution in [0.15, 0.2) is 67.1 Å². The summed E-state index contributed by atoms with van der Waals surface area (Å²) >= 11 is 0. The van der Waals surface area contributed by atoms with E-state index in [1.165, 1.54) is 5.56 Å². The van der Waals surface area contributed by atoms with Gasteiger partial charge < -0.3 is 15.2 Å². The van der Waals surface area contributed by atoms with Gasteiger partial charge in [0.1, 0.15) is 11.5 Å². The molecule has 9 nitrogen and oxygen atoms in total. The lowest BCUT2D eigenvalue weighted by Gasteiger charge is -2.39. The van der Waals surface area contributed by atoms with Gasteiger partial charge in [0.25, 0.3) is 5.91 Å². The number of piperidine rings is 1. The summed E-state index contributed by atoms with van der Waals surface area (Å²) in [5.74, 6) is 1.23. The average Bonchev–Trinajstić information content (AvgIpc) is 3.69. The van der Waals surface area contributed by atoms with E-state index in [-0.39, 0.29) is 17.4 Å². The van der Waals surface area contributed by atoms with Crippen molar-refractivity contribution in [3.63, 3.8) is 0 Å². The number of carbonyl (C=O) groups excluding carboxylic acids is 2. The van der Waals surface area contributed by atoms with E-state index >= 15 is 0 Å². The minimum atomic E-state index is -0.317. The third-order valence-corrected chi connectivity index (χ3v) is 8.53. The molecule has 0 spiro atoms. The fourth-order valence-corrected chi connectivity index (χ4v) is 6.36. The third kappa shape index (κ3) is 5.82. The Labute approximate surface area is 246 Å². The molecule has 0 radical (unpaired) electrons. The van der Waals surface area contributed by atoms with Gasteiger partial charge in [0.2, 0.25) is 0 Å². The van der Waals surface area contributed by atoms with Crippen LogP contribution in [0.5, 0.6) is 0 Å². The van der Waals surface area contributed by atoms with Gasteiger partial charge in [0.15, 0.2) is 0 Å². The summed E-state index contributed by atoms with van der Waals surface area (Å²) in [5.41, 5.74) is 5.33. The number of rotatable bonds is 6. The number of fused-ring (bicyclic) bond motifs is 2. The topological polar surface area (TPSA) is 108 Å². The highest BCUT2D eigenvalue weighted by Crippen LogP contribution is 2.40. The van der Waals surface area contributed by atoms with Crippen LogP contribution in [0.4, 0.5) is 16.3 Å². The molecular formula is C33H39N7O2. The highest BCUT2D eigenvalue weighted by molar-refractivity contribution is 5.99. The molecule has 42 heavy (non-hydrogen) atoms. The van der Waals surface area contributed by atoms with Crippen molar-refractivity contribution in [3.8, 4) is 5.69 Å². The van der Waals surface area contributed by atoms with Crippen molar-refractivity contribution in [2.24, 2.45) is 5.92 Å². The lowest BCUT2D eigenvalue weighted by atomic mass is 9.85. The van der Waals surface area contributed by atoms with E-state index < -0.39 is 0 Å². The van der Waals surface area contributed by atoms with Crippen molar-refractivity contribution in [2.45, 2.75) is 77.3 Å². The third-order valence-electron chi connectivity index (χ3n) is 8.53. The standard InChI is InChI=1S/C33H39N7O2/c1-21-5-11-25(12-6-21)40-30(18-29(38-40)33(2,3)4)37-32(42)36-24-9-7-22(8-10-24)15-23-16-26-13-14-27(17-23)39(26)31(41)28-19-34-20-35-28/h5-12,18-20,23,26-27H,13-17H2,1-4H3,(H,34,35)(H2,36,37,42). The van der Waals surface area contributed by atoms with Gasteiger partial charge in [0.05, 0.1) is 23.9 Å². The summed E-state index contributed by atoms with van der Waals surface area (Å²) in [6.07, 6.45) is 8.32. The Kier molecular flexibility index (Phi) is 7.35. The van der Waals surface area contributed by atoms with E-state index in [9.17, 15) is 9.59 Å². The maximum atomic E-state index is 13.0. The summed E-state index contributed by atoms with van der Waals surface area (Å²) in [6, 6.07) is 18.4. The summed E-state index contributed by atoms with van der Waals surface area (Å²) < 4.78 is 1.78. The molecule has 6 rings (SSSR count). The number of benzene rings is 2. The molecule has 3 N–H and O–H groups in total. The van der Waals surface area contributed by atoms with Crippen molar-refractivity contribution in [1.82, 2.24) is 24.6 Å². The number of aromatic nitrogens is 4. The van der Waals surface area contributed by atoms with Crippen LogP contribution in [0, 0.1) is 12.8 Å².